The summed E-state index contributed by atoms with van der Waals surface area (Å²) >= 11 is 5.95. The summed E-state index contributed by atoms with van der Waals surface area (Å²) in [5.74, 6) is 0.0745. The SMILES string of the molecule is Cc1cc(Cl)ccc1OC(C)C(=O)Nc1cccc(NC(=O)C(C)n2cccn2)c1. The van der Waals surface area contributed by atoms with Crippen LogP contribution in [0.5, 0.6) is 5.75 Å². The molecule has 156 valence electrons. The molecule has 1 heterocycles. The van der Waals surface area contributed by atoms with Crippen LogP contribution in [-0.4, -0.2) is 27.7 Å². The van der Waals surface area contributed by atoms with Crippen molar-refractivity contribution < 1.29 is 14.3 Å². The molecule has 3 aromatic rings. The van der Waals surface area contributed by atoms with E-state index in [0.717, 1.165) is 5.56 Å². The Labute approximate surface area is 180 Å². The Morgan fingerprint density at radius 2 is 1.73 bits per heavy atom. The summed E-state index contributed by atoms with van der Waals surface area (Å²) in [6.45, 7) is 5.29. The van der Waals surface area contributed by atoms with Gasteiger partial charge in [0.1, 0.15) is 11.8 Å². The van der Waals surface area contributed by atoms with Crippen LogP contribution in [0.2, 0.25) is 5.02 Å². The van der Waals surface area contributed by atoms with Crippen LogP contribution >= 0.6 is 11.6 Å². The topological polar surface area (TPSA) is 85.3 Å². The first kappa shape index (κ1) is 21.4. The molecule has 2 N–H and O–H groups in total. The van der Waals surface area contributed by atoms with Gasteiger partial charge in [-0.3, -0.25) is 14.3 Å². The summed E-state index contributed by atoms with van der Waals surface area (Å²) in [7, 11) is 0. The second kappa shape index (κ2) is 9.45. The molecule has 8 heteroatoms. The maximum Gasteiger partial charge on any atom is 0.265 e. The van der Waals surface area contributed by atoms with Gasteiger partial charge in [0.15, 0.2) is 6.10 Å². The Kier molecular flexibility index (Phi) is 6.74. The maximum absolute atomic E-state index is 12.5. The minimum atomic E-state index is -0.719. The number of amides is 2. The Morgan fingerprint density at radius 1 is 1.03 bits per heavy atom. The summed E-state index contributed by atoms with van der Waals surface area (Å²) in [6.07, 6.45) is 2.63. The average molecular weight is 427 g/mol. The van der Waals surface area contributed by atoms with Crippen LogP contribution in [0, 0.1) is 6.92 Å². The highest BCUT2D eigenvalue weighted by molar-refractivity contribution is 6.30. The Morgan fingerprint density at radius 3 is 2.37 bits per heavy atom. The third-order valence-corrected chi connectivity index (χ3v) is 4.74. The van der Waals surface area contributed by atoms with E-state index in [0.29, 0.717) is 22.1 Å². The molecule has 7 nitrogen and oxygen atoms in total. The zero-order valence-electron chi connectivity index (χ0n) is 16.9. The van der Waals surface area contributed by atoms with Crippen LogP contribution in [-0.2, 0) is 9.59 Å². The summed E-state index contributed by atoms with van der Waals surface area (Å²) in [5, 5.41) is 10.3. The van der Waals surface area contributed by atoms with Crippen LogP contribution < -0.4 is 15.4 Å². The number of rotatable bonds is 7. The zero-order chi connectivity index (χ0) is 21.7. The molecule has 0 bridgehead atoms. The predicted molar refractivity (Wildman–Crippen MR) is 117 cm³/mol. The van der Waals surface area contributed by atoms with Gasteiger partial charge in [-0.15, -0.1) is 0 Å². The van der Waals surface area contributed by atoms with Crippen molar-refractivity contribution in [3.05, 3.63) is 71.5 Å². The van der Waals surface area contributed by atoms with Gasteiger partial charge in [0.05, 0.1) is 0 Å². The average Bonchev–Trinajstić information content (AvgIpc) is 3.24. The fourth-order valence-corrected chi connectivity index (χ4v) is 3.01. The molecule has 0 aliphatic rings. The van der Waals surface area contributed by atoms with E-state index in [-0.39, 0.29) is 11.8 Å². The quantitative estimate of drug-likeness (QED) is 0.584. The third kappa shape index (κ3) is 5.39. The first-order valence-corrected chi connectivity index (χ1v) is 9.85. The normalized spacial score (nSPS) is 12.7. The highest BCUT2D eigenvalue weighted by Crippen LogP contribution is 2.23. The van der Waals surface area contributed by atoms with Gasteiger partial charge >= 0.3 is 0 Å². The van der Waals surface area contributed by atoms with E-state index >= 15 is 0 Å². The van der Waals surface area contributed by atoms with Gasteiger partial charge in [0.2, 0.25) is 5.91 Å². The van der Waals surface area contributed by atoms with Crippen LogP contribution in [0.25, 0.3) is 0 Å². The van der Waals surface area contributed by atoms with Crippen molar-refractivity contribution in [3.8, 4) is 5.75 Å². The number of anilines is 2. The molecule has 0 fully saturated rings. The molecule has 0 aliphatic heterocycles. The smallest absolute Gasteiger partial charge is 0.265 e. The van der Waals surface area contributed by atoms with E-state index in [9.17, 15) is 9.59 Å². The van der Waals surface area contributed by atoms with Gasteiger partial charge in [-0.25, -0.2) is 0 Å². The molecule has 0 aliphatic carbocycles. The van der Waals surface area contributed by atoms with Crippen molar-refractivity contribution in [2.75, 3.05) is 10.6 Å². The lowest BCUT2D eigenvalue weighted by molar-refractivity contribution is -0.122. The van der Waals surface area contributed by atoms with Crippen molar-refractivity contribution in [3.63, 3.8) is 0 Å². The van der Waals surface area contributed by atoms with E-state index < -0.39 is 12.1 Å². The third-order valence-electron chi connectivity index (χ3n) is 4.51. The number of hydrogen-bond donors (Lipinski definition) is 2. The van der Waals surface area contributed by atoms with Crippen molar-refractivity contribution in [2.45, 2.75) is 32.9 Å². The van der Waals surface area contributed by atoms with Crippen molar-refractivity contribution in [1.82, 2.24) is 9.78 Å². The Balaban J connectivity index is 1.61. The van der Waals surface area contributed by atoms with E-state index in [1.54, 1.807) is 79.5 Å². The fraction of sp³-hybridized carbons (Fsp3) is 0.227. The lowest BCUT2D eigenvalue weighted by Crippen LogP contribution is -2.30. The lowest BCUT2D eigenvalue weighted by atomic mass is 10.2. The van der Waals surface area contributed by atoms with Gasteiger partial charge in [0, 0.05) is 28.8 Å². The number of nitrogens with one attached hydrogen (secondary N) is 2. The first-order valence-electron chi connectivity index (χ1n) is 9.47. The molecule has 1 aromatic heterocycles. The van der Waals surface area contributed by atoms with Gasteiger partial charge in [-0.05, 0) is 68.8 Å². The Bertz CT molecular complexity index is 1040. The molecule has 0 saturated heterocycles. The second-order valence-electron chi connectivity index (χ2n) is 6.89. The number of benzene rings is 2. The molecule has 2 amide bonds. The highest BCUT2D eigenvalue weighted by Gasteiger charge is 2.18. The summed E-state index contributed by atoms with van der Waals surface area (Å²) < 4.78 is 7.32. The van der Waals surface area contributed by atoms with Crippen molar-refractivity contribution in [2.24, 2.45) is 0 Å². The fourth-order valence-electron chi connectivity index (χ4n) is 2.78. The second-order valence-corrected chi connectivity index (χ2v) is 7.33. The van der Waals surface area contributed by atoms with Crippen LogP contribution in [0.1, 0.15) is 25.5 Å². The van der Waals surface area contributed by atoms with Crippen LogP contribution in [0.15, 0.2) is 60.9 Å². The molecule has 0 saturated carbocycles. The number of ether oxygens (including phenoxy) is 1. The summed E-state index contributed by atoms with van der Waals surface area (Å²) in [4.78, 5) is 25.0. The zero-order valence-corrected chi connectivity index (χ0v) is 17.7. The molecule has 30 heavy (non-hydrogen) atoms. The molecule has 2 atom stereocenters. The number of aromatic nitrogens is 2. The number of aryl methyl sites for hydroxylation is 1. The molecule has 0 spiro atoms. The number of halogens is 1. The minimum absolute atomic E-state index is 0.211. The first-order chi connectivity index (χ1) is 14.3. The van der Waals surface area contributed by atoms with E-state index in [4.69, 9.17) is 16.3 Å². The van der Waals surface area contributed by atoms with Crippen molar-refractivity contribution in [1.29, 1.82) is 0 Å². The number of carbonyl (C=O) groups excluding carboxylic acids is 2. The van der Waals surface area contributed by atoms with Gasteiger partial charge < -0.3 is 15.4 Å². The van der Waals surface area contributed by atoms with E-state index in [1.165, 1.54) is 0 Å². The number of nitrogens with zero attached hydrogens (tertiary/aromatic N) is 2. The predicted octanol–water partition coefficient (Wildman–Crippen LogP) is 4.45. The molecular weight excluding hydrogens is 404 g/mol. The van der Waals surface area contributed by atoms with E-state index in [2.05, 4.69) is 15.7 Å². The molecule has 3 rings (SSSR count). The summed E-state index contributed by atoms with van der Waals surface area (Å²) in [5.41, 5.74) is 1.96. The largest absolute Gasteiger partial charge is 0.481 e. The van der Waals surface area contributed by atoms with Crippen molar-refractivity contribution >= 4 is 34.8 Å². The standard InChI is InChI=1S/C22H23ClN4O3/c1-14-12-17(23)8-9-20(14)30-16(3)22(29)26-19-7-4-6-18(13-19)25-21(28)15(2)27-11-5-10-24-27/h4-13,15-16H,1-3H3,(H,25,28)(H,26,29). The lowest BCUT2D eigenvalue weighted by Gasteiger charge is -2.17. The van der Waals surface area contributed by atoms with E-state index in [1.807, 2.05) is 6.92 Å². The minimum Gasteiger partial charge on any atom is -0.481 e. The maximum atomic E-state index is 12.5. The van der Waals surface area contributed by atoms with Gasteiger partial charge in [-0.1, -0.05) is 17.7 Å². The van der Waals surface area contributed by atoms with Crippen LogP contribution in [0.3, 0.4) is 0 Å². The summed E-state index contributed by atoms with van der Waals surface area (Å²) in [6, 6.07) is 13.4. The van der Waals surface area contributed by atoms with Gasteiger partial charge in [-0.2, -0.15) is 5.10 Å². The molecular formula is C22H23ClN4O3. The monoisotopic (exact) mass is 426 g/mol. The molecule has 2 aromatic carbocycles. The molecule has 0 radical (unpaired) electrons. The Hall–Kier alpha value is -3.32. The number of hydrogen-bond acceptors (Lipinski definition) is 4. The highest BCUT2D eigenvalue weighted by atomic mass is 35.5. The van der Waals surface area contributed by atoms with Crippen LogP contribution in [0.4, 0.5) is 11.4 Å². The van der Waals surface area contributed by atoms with Gasteiger partial charge in [0.25, 0.3) is 5.91 Å². The number of carbonyl (C=O) groups is 2. The molecule has 2 unspecified atom stereocenters.